The molecule has 90 valence electrons. The quantitative estimate of drug-likeness (QED) is 0.704. The predicted octanol–water partition coefficient (Wildman–Crippen LogP) is 1.85. The van der Waals surface area contributed by atoms with Crippen LogP contribution in [0.2, 0.25) is 0 Å². The second-order valence-electron chi connectivity index (χ2n) is 4.88. The first kappa shape index (κ1) is 11.0. The van der Waals surface area contributed by atoms with E-state index in [2.05, 4.69) is 0 Å². The van der Waals surface area contributed by atoms with Gasteiger partial charge in [0.2, 0.25) is 11.8 Å². The Morgan fingerprint density at radius 2 is 1.83 bits per heavy atom. The average molecular weight is 240 g/mol. The Balaban J connectivity index is 2.02. The fraction of sp³-hybridized carbons (Fsp3) is 0.357. The molecule has 1 aromatic rings. The van der Waals surface area contributed by atoms with Crippen molar-refractivity contribution in [2.45, 2.75) is 19.3 Å². The minimum absolute atomic E-state index is 0.0153. The molecular weight excluding hydrogens is 228 g/mol. The largest absolute Gasteiger partial charge is 0.274 e. The van der Waals surface area contributed by atoms with Crippen LogP contribution in [0.15, 0.2) is 24.3 Å². The summed E-state index contributed by atoms with van der Waals surface area (Å²) in [5, 5.41) is 8.87. The Morgan fingerprint density at radius 3 is 2.44 bits per heavy atom. The molecule has 0 spiro atoms. The number of carbonyl (C=O) groups excluding carboxylic acids is 2. The summed E-state index contributed by atoms with van der Waals surface area (Å²) in [7, 11) is 0. The molecule has 2 unspecified atom stereocenters. The third-order valence-electron chi connectivity index (χ3n) is 3.81. The van der Waals surface area contributed by atoms with Gasteiger partial charge >= 0.3 is 0 Å². The van der Waals surface area contributed by atoms with E-state index < -0.39 is 0 Å². The van der Waals surface area contributed by atoms with Crippen molar-refractivity contribution >= 4 is 17.5 Å². The zero-order valence-electron chi connectivity index (χ0n) is 9.80. The molecule has 2 atom stereocenters. The zero-order valence-corrected chi connectivity index (χ0v) is 9.80. The van der Waals surface area contributed by atoms with Crippen LogP contribution in [0.4, 0.5) is 5.69 Å². The highest BCUT2D eigenvalue weighted by atomic mass is 16.2. The number of nitrogens with zero attached hydrogens (tertiary/aromatic N) is 2. The molecule has 2 bridgehead atoms. The molecule has 2 aliphatic rings. The van der Waals surface area contributed by atoms with Gasteiger partial charge in [-0.2, -0.15) is 5.26 Å². The van der Waals surface area contributed by atoms with Crippen LogP contribution in [0.1, 0.15) is 24.8 Å². The van der Waals surface area contributed by atoms with Crippen LogP contribution in [0, 0.1) is 23.2 Å². The topological polar surface area (TPSA) is 61.2 Å². The van der Waals surface area contributed by atoms with Gasteiger partial charge in [0.25, 0.3) is 0 Å². The molecular formula is C14H12N2O2. The van der Waals surface area contributed by atoms with E-state index in [9.17, 15) is 9.59 Å². The summed E-state index contributed by atoms with van der Waals surface area (Å²) < 4.78 is 0. The lowest BCUT2D eigenvalue weighted by molar-refractivity contribution is -0.132. The molecule has 1 saturated carbocycles. The maximum absolute atomic E-state index is 12.2. The summed E-state index contributed by atoms with van der Waals surface area (Å²) in [6, 6.07) is 8.70. The maximum atomic E-state index is 12.2. The fourth-order valence-corrected chi connectivity index (χ4v) is 2.87. The predicted molar refractivity (Wildman–Crippen MR) is 64.5 cm³/mol. The second kappa shape index (κ2) is 3.95. The van der Waals surface area contributed by atoms with E-state index in [1.165, 1.54) is 4.90 Å². The van der Waals surface area contributed by atoms with E-state index in [1.54, 1.807) is 24.3 Å². The molecule has 18 heavy (non-hydrogen) atoms. The smallest absolute Gasteiger partial charge is 0.236 e. The van der Waals surface area contributed by atoms with E-state index in [0.29, 0.717) is 17.7 Å². The van der Waals surface area contributed by atoms with Gasteiger partial charge in [-0.15, -0.1) is 0 Å². The van der Waals surface area contributed by atoms with Crippen molar-refractivity contribution in [3.8, 4) is 6.07 Å². The lowest BCUT2D eigenvalue weighted by Gasteiger charge is -2.29. The Morgan fingerprint density at radius 1 is 1.17 bits per heavy atom. The Kier molecular flexibility index (Phi) is 2.41. The van der Waals surface area contributed by atoms with Crippen LogP contribution in [-0.4, -0.2) is 11.8 Å². The first-order chi connectivity index (χ1) is 8.70. The van der Waals surface area contributed by atoms with Gasteiger partial charge in [0.1, 0.15) is 0 Å². The number of nitriles is 1. The molecule has 0 radical (unpaired) electrons. The van der Waals surface area contributed by atoms with Crippen LogP contribution in [0.3, 0.4) is 0 Å². The Labute approximate surface area is 105 Å². The number of rotatable bonds is 1. The van der Waals surface area contributed by atoms with Gasteiger partial charge in [-0.25, -0.2) is 0 Å². The number of imide groups is 1. The van der Waals surface area contributed by atoms with Gasteiger partial charge in [-0.05, 0) is 37.5 Å². The molecule has 1 saturated heterocycles. The molecule has 4 heteroatoms. The normalized spacial score (nSPS) is 26.3. The summed E-state index contributed by atoms with van der Waals surface area (Å²) in [6.07, 6.45) is 2.32. The Bertz CT molecular complexity index is 551. The maximum Gasteiger partial charge on any atom is 0.236 e. The van der Waals surface area contributed by atoms with Gasteiger partial charge in [-0.1, -0.05) is 6.07 Å². The van der Waals surface area contributed by atoms with Crippen LogP contribution in [0.5, 0.6) is 0 Å². The number of hydrogen-bond acceptors (Lipinski definition) is 3. The van der Waals surface area contributed by atoms with E-state index in [0.717, 1.165) is 12.8 Å². The molecule has 1 aromatic carbocycles. The first-order valence-electron chi connectivity index (χ1n) is 6.08. The summed E-state index contributed by atoms with van der Waals surface area (Å²) >= 11 is 0. The van der Waals surface area contributed by atoms with E-state index in [-0.39, 0.29) is 23.7 Å². The summed E-state index contributed by atoms with van der Waals surface area (Å²) in [6.45, 7) is 0. The second-order valence-corrected chi connectivity index (χ2v) is 4.88. The number of amides is 2. The third-order valence-corrected chi connectivity index (χ3v) is 3.81. The van der Waals surface area contributed by atoms with Crippen molar-refractivity contribution in [3.63, 3.8) is 0 Å². The molecule has 1 aliphatic carbocycles. The molecule has 1 aliphatic heterocycles. The van der Waals surface area contributed by atoms with Gasteiger partial charge in [0.05, 0.1) is 17.3 Å². The van der Waals surface area contributed by atoms with Gasteiger partial charge < -0.3 is 0 Å². The van der Waals surface area contributed by atoms with Crippen LogP contribution in [-0.2, 0) is 9.59 Å². The Hall–Kier alpha value is -2.15. The van der Waals surface area contributed by atoms with Crippen molar-refractivity contribution < 1.29 is 9.59 Å². The van der Waals surface area contributed by atoms with Crippen molar-refractivity contribution in [2.75, 3.05) is 4.90 Å². The lowest BCUT2D eigenvalue weighted by atomic mass is 9.96. The van der Waals surface area contributed by atoms with Crippen molar-refractivity contribution in [1.82, 2.24) is 0 Å². The number of hydrogen-bond donors (Lipinski definition) is 0. The minimum Gasteiger partial charge on any atom is -0.274 e. The van der Waals surface area contributed by atoms with Gasteiger partial charge in [0, 0.05) is 11.8 Å². The summed E-state index contributed by atoms with van der Waals surface area (Å²) in [5.74, 6) is -0.246. The highest BCUT2D eigenvalue weighted by Crippen LogP contribution is 2.39. The third kappa shape index (κ3) is 1.52. The van der Waals surface area contributed by atoms with Gasteiger partial charge in [0.15, 0.2) is 0 Å². The molecule has 1 heterocycles. The fourth-order valence-electron chi connectivity index (χ4n) is 2.87. The number of fused-ring (bicyclic) bond motifs is 2. The van der Waals surface area contributed by atoms with Crippen LogP contribution in [0.25, 0.3) is 0 Å². The van der Waals surface area contributed by atoms with Crippen molar-refractivity contribution in [3.05, 3.63) is 29.8 Å². The van der Waals surface area contributed by atoms with E-state index in [1.807, 2.05) is 6.07 Å². The molecule has 2 amide bonds. The van der Waals surface area contributed by atoms with Crippen molar-refractivity contribution in [1.29, 1.82) is 5.26 Å². The average Bonchev–Trinajstić information content (AvgIpc) is 2.84. The van der Waals surface area contributed by atoms with Crippen molar-refractivity contribution in [2.24, 2.45) is 11.8 Å². The van der Waals surface area contributed by atoms with Crippen LogP contribution < -0.4 is 4.90 Å². The number of benzene rings is 1. The summed E-state index contributed by atoms with van der Waals surface area (Å²) in [5.41, 5.74) is 0.992. The molecule has 3 rings (SSSR count). The van der Waals surface area contributed by atoms with Gasteiger partial charge in [-0.3, -0.25) is 14.5 Å². The molecule has 0 aromatic heterocycles. The first-order valence-corrected chi connectivity index (χ1v) is 6.08. The monoisotopic (exact) mass is 240 g/mol. The van der Waals surface area contributed by atoms with Crippen LogP contribution >= 0.6 is 0 Å². The van der Waals surface area contributed by atoms with E-state index >= 15 is 0 Å². The molecule has 0 N–H and O–H groups in total. The lowest BCUT2D eigenvalue weighted by Crippen LogP contribution is -2.46. The number of piperidine rings is 1. The van der Waals surface area contributed by atoms with E-state index in [4.69, 9.17) is 5.26 Å². The minimum atomic E-state index is -0.108. The number of anilines is 1. The molecule has 2 fully saturated rings. The standard InChI is InChI=1S/C14H12N2O2/c15-8-9-2-1-3-12(6-9)16-13(17)10-4-5-11(7-10)14(16)18/h1-3,6,10-11H,4-5,7H2. The summed E-state index contributed by atoms with van der Waals surface area (Å²) in [4.78, 5) is 25.7. The number of carbonyl (C=O) groups is 2. The SMILES string of the molecule is N#Cc1cccc(N2C(=O)C3CCC(C3)C2=O)c1. The zero-order chi connectivity index (χ0) is 12.7. The highest BCUT2D eigenvalue weighted by molar-refractivity contribution is 6.18. The molecule has 4 nitrogen and oxygen atoms in total. The highest BCUT2D eigenvalue weighted by Gasteiger charge is 2.45.